The lowest BCUT2D eigenvalue weighted by Crippen LogP contribution is -2.66. The van der Waals surface area contributed by atoms with Gasteiger partial charge in [0.25, 0.3) is 0 Å². The second kappa shape index (κ2) is 6.33. The van der Waals surface area contributed by atoms with Crippen LogP contribution in [-0.2, 0) is 4.74 Å². The predicted molar refractivity (Wildman–Crippen MR) is 70.4 cm³/mol. The Morgan fingerprint density at radius 2 is 1.89 bits per heavy atom. The summed E-state index contributed by atoms with van der Waals surface area (Å²) in [5.41, 5.74) is 0.261. The Hall–Kier alpha value is -0.160. The monoisotopic (exact) mass is 257 g/mol. The minimum atomic E-state index is -0.184. The number of hydrogen-bond donors (Lipinski definition) is 3. The lowest BCUT2D eigenvalue weighted by molar-refractivity contribution is -0.153. The van der Waals surface area contributed by atoms with Crippen LogP contribution >= 0.6 is 0 Å². The topological polar surface area (TPSA) is 61.7 Å². The van der Waals surface area contributed by atoms with Gasteiger partial charge in [-0.05, 0) is 26.2 Å². The second-order valence-electron chi connectivity index (χ2n) is 5.75. The molecule has 0 bridgehead atoms. The van der Waals surface area contributed by atoms with Gasteiger partial charge in [0.15, 0.2) is 0 Å². The molecule has 1 spiro atoms. The van der Waals surface area contributed by atoms with Crippen molar-refractivity contribution < 1.29 is 14.9 Å². The summed E-state index contributed by atoms with van der Waals surface area (Å²) in [7, 11) is 0. The van der Waals surface area contributed by atoms with Crippen molar-refractivity contribution in [3.05, 3.63) is 0 Å². The molecule has 4 heteroatoms. The average molecular weight is 257 g/mol. The van der Waals surface area contributed by atoms with Crippen LogP contribution in [0.25, 0.3) is 0 Å². The molecule has 0 heterocycles. The maximum absolute atomic E-state index is 9.20. The van der Waals surface area contributed by atoms with Crippen molar-refractivity contribution in [3.63, 3.8) is 0 Å². The second-order valence-corrected chi connectivity index (χ2v) is 5.75. The molecule has 0 radical (unpaired) electrons. The van der Waals surface area contributed by atoms with Crippen LogP contribution in [0.1, 0.15) is 45.4 Å². The van der Waals surface area contributed by atoms with E-state index in [9.17, 15) is 10.2 Å². The summed E-state index contributed by atoms with van der Waals surface area (Å²) < 4.78 is 5.89. The van der Waals surface area contributed by atoms with E-state index in [4.69, 9.17) is 4.74 Å². The third kappa shape index (κ3) is 2.57. The maximum Gasteiger partial charge on any atom is 0.0661 e. The first-order valence-electron chi connectivity index (χ1n) is 7.36. The molecular formula is C14H27NO3. The molecular weight excluding hydrogens is 230 g/mol. The van der Waals surface area contributed by atoms with Gasteiger partial charge in [0, 0.05) is 18.1 Å². The average Bonchev–Trinajstić information content (AvgIpc) is 2.43. The Labute approximate surface area is 110 Å². The van der Waals surface area contributed by atoms with Crippen molar-refractivity contribution in [1.82, 2.24) is 5.32 Å². The van der Waals surface area contributed by atoms with E-state index in [2.05, 4.69) is 12.2 Å². The Balaban J connectivity index is 1.98. The van der Waals surface area contributed by atoms with Crippen molar-refractivity contribution >= 4 is 0 Å². The lowest BCUT2D eigenvalue weighted by Gasteiger charge is -2.58. The van der Waals surface area contributed by atoms with Crippen molar-refractivity contribution in [3.8, 4) is 0 Å². The van der Waals surface area contributed by atoms with Gasteiger partial charge in [-0.2, -0.15) is 0 Å². The Kier molecular flexibility index (Phi) is 5.01. The fraction of sp³-hybridized carbons (Fsp3) is 1.00. The number of aliphatic hydroxyl groups excluding tert-OH is 2. The summed E-state index contributed by atoms with van der Waals surface area (Å²) in [6.45, 7) is 2.84. The molecule has 2 fully saturated rings. The first-order chi connectivity index (χ1) is 8.76. The van der Waals surface area contributed by atoms with E-state index >= 15 is 0 Å². The molecule has 4 nitrogen and oxygen atoms in total. The summed E-state index contributed by atoms with van der Waals surface area (Å²) >= 11 is 0. The Morgan fingerprint density at radius 1 is 1.22 bits per heavy atom. The zero-order chi connectivity index (χ0) is 13.0. The van der Waals surface area contributed by atoms with Crippen molar-refractivity contribution in [2.75, 3.05) is 19.8 Å². The van der Waals surface area contributed by atoms with Gasteiger partial charge in [0.1, 0.15) is 0 Å². The smallest absolute Gasteiger partial charge is 0.0661 e. The molecule has 0 aliphatic heterocycles. The van der Waals surface area contributed by atoms with E-state index in [0.717, 1.165) is 13.0 Å². The van der Waals surface area contributed by atoms with Gasteiger partial charge in [-0.25, -0.2) is 0 Å². The number of rotatable bonds is 6. The van der Waals surface area contributed by atoms with E-state index in [0.29, 0.717) is 12.1 Å². The Morgan fingerprint density at radius 3 is 2.44 bits per heavy atom. The highest BCUT2D eigenvalue weighted by atomic mass is 16.5. The van der Waals surface area contributed by atoms with E-state index in [1.54, 1.807) is 0 Å². The SMILES string of the molecule is CCOC1CC(NC(CO)CO)C12CCCCC2. The van der Waals surface area contributed by atoms with Crippen LogP contribution in [0, 0.1) is 5.41 Å². The first kappa shape index (κ1) is 14.3. The molecule has 0 aromatic rings. The highest BCUT2D eigenvalue weighted by Crippen LogP contribution is 2.53. The summed E-state index contributed by atoms with van der Waals surface area (Å²) in [4.78, 5) is 0. The van der Waals surface area contributed by atoms with E-state index in [1.807, 2.05) is 0 Å². The summed E-state index contributed by atoms with van der Waals surface area (Å²) in [5.74, 6) is 0. The molecule has 2 rings (SSSR count). The zero-order valence-corrected chi connectivity index (χ0v) is 11.4. The van der Waals surface area contributed by atoms with Gasteiger partial charge in [0.2, 0.25) is 0 Å². The summed E-state index contributed by atoms with van der Waals surface area (Å²) in [6.07, 6.45) is 7.73. The molecule has 2 aliphatic carbocycles. The van der Waals surface area contributed by atoms with Crippen LogP contribution in [-0.4, -0.2) is 48.2 Å². The highest BCUT2D eigenvalue weighted by Gasteiger charge is 2.55. The Bertz CT molecular complexity index is 249. The molecule has 2 saturated carbocycles. The standard InChI is InChI=1S/C14H27NO3/c1-2-18-13-8-12(15-11(9-16)10-17)14(13)6-4-3-5-7-14/h11-13,15-17H,2-10H2,1H3. The molecule has 0 amide bonds. The molecule has 2 aliphatic rings. The minimum Gasteiger partial charge on any atom is -0.395 e. The fourth-order valence-electron chi connectivity index (χ4n) is 3.74. The molecule has 2 unspecified atom stereocenters. The molecule has 3 N–H and O–H groups in total. The molecule has 0 aromatic heterocycles. The van der Waals surface area contributed by atoms with Gasteiger partial charge in [-0.3, -0.25) is 0 Å². The van der Waals surface area contributed by atoms with Crippen LogP contribution in [0.2, 0.25) is 0 Å². The van der Waals surface area contributed by atoms with E-state index in [-0.39, 0.29) is 24.7 Å². The highest BCUT2D eigenvalue weighted by molar-refractivity contribution is 5.09. The van der Waals surface area contributed by atoms with Gasteiger partial charge in [0.05, 0.1) is 25.4 Å². The normalized spacial score (nSPS) is 30.7. The summed E-state index contributed by atoms with van der Waals surface area (Å²) in [6, 6.07) is 0.218. The van der Waals surface area contributed by atoms with Crippen LogP contribution in [0.15, 0.2) is 0 Å². The maximum atomic E-state index is 9.20. The largest absolute Gasteiger partial charge is 0.395 e. The quantitative estimate of drug-likeness (QED) is 0.666. The number of nitrogens with one attached hydrogen (secondary N) is 1. The van der Waals surface area contributed by atoms with Gasteiger partial charge in [-0.15, -0.1) is 0 Å². The molecule has 2 atom stereocenters. The van der Waals surface area contributed by atoms with Crippen molar-refractivity contribution in [2.45, 2.75) is 63.6 Å². The zero-order valence-electron chi connectivity index (χ0n) is 11.4. The third-order valence-electron chi connectivity index (χ3n) is 4.81. The molecule has 0 aromatic carbocycles. The van der Waals surface area contributed by atoms with Crippen molar-refractivity contribution in [1.29, 1.82) is 0 Å². The number of ether oxygens (including phenoxy) is 1. The summed E-state index contributed by atoms with van der Waals surface area (Å²) in [5, 5.41) is 21.8. The van der Waals surface area contributed by atoms with Gasteiger partial charge in [-0.1, -0.05) is 19.3 Å². The van der Waals surface area contributed by atoms with E-state index < -0.39 is 0 Å². The van der Waals surface area contributed by atoms with Crippen LogP contribution in [0.3, 0.4) is 0 Å². The lowest BCUT2D eigenvalue weighted by atomic mass is 9.55. The minimum absolute atomic E-state index is 0.00236. The van der Waals surface area contributed by atoms with Crippen molar-refractivity contribution in [2.24, 2.45) is 5.41 Å². The number of aliphatic hydroxyl groups is 2. The molecule has 106 valence electrons. The van der Waals surface area contributed by atoms with Gasteiger partial charge < -0.3 is 20.3 Å². The third-order valence-corrected chi connectivity index (χ3v) is 4.81. The fourth-order valence-corrected chi connectivity index (χ4v) is 3.74. The van der Waals surface area contributed by atoms with Crippen LogP contribution < -0.4 is 5.32 Å². The predicted octanol–water partition coefficient (Wildman–Crippen LogP) is 1.06. The van der Waals surface area contributed by atoms with Crippen LogP contribution in [0.5, 0.6) is 0 Å². The molecule has 0 saturated heterocycles. The number of hydrogen-bond acceptors (Lipinski definition) is 4. The van der Waals surface area contributed by atoms with E-state index in [1.165, 1.54) is 32.1 Å². The first-order valence-corrected chi connectivity index (χ1v) is 7.36. The molecule has 18 heavy (non-hydrogen) atoms. The van der Waals surface area contributed by atoms with Crippen LogP contribution in [0.4, 0.5) is 0 Å². The van der Waals surface area contributed by atoms with Gasteiger partial charge >= 0.3 is 0 Å².